The first-order valence-corrected chi connectivity index (χ1v) is 30.0. The van der Waals surface area contributed by atoms with Gasteiger partial charge in [-0.1, -0.05) is 310 Å². The second-order valence-electron chi connectivity index (χ2n) is 20.6. The summed E-state index contributed by atoms with van der Waals surface area (Å²) in [7, 11) is 0. The van der Waals surface area contributed by atoms with Gasteiger partial charge in [-0.15, -0.1) is 0 Å². The predicted molar refractivity (Wildman–Crippen MR) is 284 cm³/mol. The topological polar surface area (TPSA) is 78.9 Å². The Bertz CT molecular complexity index is 982. The molecule has 0 aromatic carbocycles. The van der Waals surface area contributed by atoms with E-state index in [9.17, 15) is 14.4 Å². The number of hydrogen-bond donors (Lipinski definition) is 0. The summed E-state index contributed by atoms with van der Waals surface area (Å²) in [6, 6.07) is 0. The predicted octanol–water partition coefficient (Wildman–Crippen LogP) is 19.9. The SMILES string of the molecule is CCCCCCCCCCCCCCCCCCCCCCCCCCCCCCCCCCCC(=O)OCC(COC(=O)CCCCCCCC)OC(=O)CCCCCCCCCCC. The molecule has 0 saturated carbocycles. The molecule has 0 spiro atoms. The summed E-state index contributed by atoms with van der Waals surface area (Å²) >= 11 is 0. The second-order valence-corrected chi connectivity index (χ2v) is 20.6. The van der Waals surface area contributed by atoms with E-state index in [0.29, 0.717) is 19.3 Å². The van der Waals surface area contributed by atoms with E-state index in [1.165, 1.54) is 250 Å². The van der Waals surface area contributed by atoms with Crippen molar-refractivity contribution in [3.8, 4) is 0 Å². The number of hydrogen-bond acceptors (Lipinski definition) is 6. The van der Waals surface area contributed by atoms with Gasteiger partial charge in [0.05, 0.1) is 0 Å². The number of unbranched alkanes of at least 4 members (excludes halogenated alkanes) is 45. The molecule has 6 nitrogen and oxygen atoms in total. The first kappa shape index (κ1) is 64.4. The van der Waals surface area contributed by atoms with Gasteiger partial charge in [0, 0.05) is 19.3 Å². The molecule has 1 atom stereocenters. The molecule has 0 rings (SSSR count). The van der Waals surface area contributed by atoms with Crippen LogP contribution in [0.2, 0.25) is 0 Å². The number of carbonyl (C=O) groups is 3. The van der Waals surface area contributed by atoms with E-state index in [2.05, 4.69) is 20.8 Å². The molecule has 0 aliphatic carbocycles. The van der Waals surface area contributed by atoms with Crippen LogP contribution < -0.4 is 0 Å². The van der Waals surface area contributed by atoms with Crippen LogP contribution in [-0.4, -0.2) is 37.2 Å². The Morgan fingerprint density at radius 1 is 0.242 bits per heavy atom. The highest BCUT2D eigenvalue weighted by molar-refractivity contribution is 5.71. The van der Waals surface area contributed by atoms with Crippen LogP contribution in [0.4, 0.5) is 0 Å². The first-order chi connectivity index (χ1) is 32.5. The molecule has 0 aromatic heterocycles. The lowest BCUT2D eigenvalue weighted by Crippen LogP contribution is -2.30. The monoisotopic (exact) mass is 933 g/mol. The molecule has 0 heterocycles. The number of carbonyl (C=O) groups excluding carboxylic acids is 3. The molecule has 0 aromatic rings. The maximum atomic E-state index is 12.7. The van der Waals surface area contributed by atoms with Crippen LogP contribution in [-0.2, 0) is 28.6 Å². The lowest BCUT2D eigenvalue weighted by atomic mass is 10.0. The Labute approximate surface area is 412 Å². The molecule has 66 heavy (non-hydrogen) atoms. The van der Waals surface area contributed by atoms with E-state index < -0.39 is 6.10 Å². The smallest absolute Gasteiger partial charge is 0.306 e. The minimum absolute atomic E-state index is 0.0632. The van der Waals surface area contributed by atoms with Crippen LogP contribution in [0.5, 0.6) is 0 Å². The molecule has 0 radical (unpaired) electrons. The molecule has 0 aliphatic rings. The summed E-state index contributed by atoms with van der Waals surface area (Å²) in [5.74, 6) is -0.857. The fourth-order valence-electron chi connectivity index (χ4n) is 9.33. The maximum Gasteiger partial charge on any atom is 0.306 e. The summed E-state index contributed by atoms with van der Waals surface area (Å²) in [5.41, 5.74) is 0. The van der Waals surface area contributed by atoms with Crippen molar-refractivity contribution >= 4 is 17.9 Å². The zero-order valence-electron chi connectivity index (χ0n) is 45.0. The third-order valence-corrected chi connectivity index (χ3v) is 13.9. The van der Waals surface area contributed by atoms with Crippen molar-refractivity contribution in [3.05, 3.63) is 0 Å². The lowest BCUT2D eigenvalue weighted by Gasteiger charge is -2.18. The summed E-state index contributed by atoms with van der Waals surface area (Å²) in [6.07, 6.45) is 63.2. The Morgan fingerprint density at radius 2 is 0.409 bits per heavy atom. The van der Waals surface area contributed by atoms with Gasteiger partial charge in [-0.3, -0.25) is 14.4 Å². The van der Waals surface area contributed by atoms with E-state index in [-0.39, 0.29) is 31.1 Å². The van der Waals surface area contributed by atoms with Crippen LogP contribution in [0.15, 0.2) is 0 Å². The van der Waals surface area contributed by atoms with E-state index >= 15 is 0 Å². The zero-order valence-corrected chi connectivity index (χ0v) is 45.0. The maximum absolute atomic E-state index is 12.7. The molecular weight excluding hydrogens is 817 g/mol. The van der Waals surface area contributed by atoms with Crippen molar-refractivity contribution in [1.82, 2.24) is 0 Å². The minimum atomic E-state index is -0.758. The van der Waals surface area contributed by atoms with Gasteiger partial charge in [0.1, 0.15) is 13.2 Å². The van der Waals surface area contributed by atoms with E-state index in [4.69, 9.17) is 14.2 Å². The highest BCUT2D eigenvalue weighted by Gasteiger charge is 2.19. The van der Waals surface area contributed by atoms with Gasteiger partial charge in [-0.05, 0) is 19.3 Å². The molecule has 6 heteroatoms. The van der Waals surface area contributed by atoms with Crippen molar-refractivity contribution in [2.75, 3.05) is 13.2 Å². The van der Waals surface area contributed by atoms with Crippen LogP contribution >= 0.6 is 0 Å². The normalized spacial score (nSPS) is 11.9. The van der Waals surface area contributed by atoms with Crippen molar-refractivity contribution in [1.29, 1.82) is 0 Å². The Morgan fingerprint density at radius 3 is 0.606 bits per heavy atom. The molecule has 0 fully saturated rings. The molecule has 1 unspecified atom stereocenters. The van der Waals surface area contributed by atoms with Gasteiger partial charge < -0.3 is 14.2 Å². The van der Waals surface area contributed by atoms with Crippen LogP contribution in [0, 0.1) is 0 Å². The molecule has 0 bridgehead atoms. The highest BCUT2D eigenvalue weighted by Crippen LogP contribution is 2.18. The molecule has 0 amide bonds. The Hall–Kier alpha value is -1.59. The quantitative estimate of drug-likeness (QED) is 0.0343. The third-order valence-electron chi connectivity index (χ3n) is 13.9. The molecule has 392 valence electrons. The van der Waals surface area contributed by atoms with E-state index in [1.54, 1.807) is 0 Å². The number of rotatable bonds is 56. The van der Waals surface area contributed by atoms with Gasteiger partial charge in [-0.25, -0.2) is 0 Å². The summed E-state index contributed by atoms with van der Waals surface area (Å²) in [5, 5.41) is 0. The lowest BCUT2D eigenvalue weighted by molar-refractivity contribution is -0.167. The minimum Gasteiger partial charge on any atom is -0.462 e. The Kier molecular flexibility index (Phi) is 54.7. The Balaban J connectivity index is 3.77. The van der Waals surface area contributed by atoms with Gasteiger partial charge >= 0.3 is 17.9 Å². The number of ether oxygens (including phenoxy) is 3. The van der Waals surface area contributed by atoms with Gasteiger partial charge in [0.25, 0.3) is 0 Å². The van der Waals surface area contributed by atoms with Crippen molar-refractivity contribution in [2.24, 2.45) is 0 Å². The van der Waals surface area contributed by atoms with Crippen molar-refractivity contribution in [2.45, 2.75) is 354 Å². The van der Waals surface area contributed by atoms with Crippen molar-refractivity contribution in [3.63, 3.8) is 0 Å². The third kappa shape index (κ3) is 53.4. The highest BCUT2D eigenvalue weighted by atomic mass is 16.6. The number of esters is 3. The second kappa shape index (κ2) is 56.0. The summed E-state index contributed by atoms with van der Waals surface area (Å²) < 4.78 is 16.7. The van der Waals surface area contributed by atoms with Gasteiger partial charge in [0.15, 0.2) is 6.10 Å². The molecule has 0 aliphatic heterocycles. The van der Waals surface area contributed by atoms with Crippen LogP contribution in [0.3, 0.4) is 0 Å². The largest absolute Gasteiger partial charge is 0.462 e. The average molecular weight is 934 g/mol. The van der Waals surface area contributed by atoms with Gasteiger partial charge in [0.2, 0.25) is 0 Å². The average Bonchev–Trinajstić information content (AvgIpc) is 3.31. The standard InChI is InChI=1S/C60H116O6/c1-4-7-10-13-16-18-19-20-21-22-23-24-25-26-27-28-29-30-31-32-33-34-35-36-37-38-39-40-41-43-44-47-50-53-59(62)65-56-57(55-64-58(61)52-49-46-15-12-9-6-3)66-60(63)54-51-48-45-42-17-14-11-8-5-2/h57H,4-56H2,1-3H3. The zero-order chi connectivity index (χ0) is 47.9. The van der Waals surface area contributed by atoms with Crippen LogP contribution in [0.1, 0.15) is 348 Å². The van der Waals surface area contributed by atoms with Gasteiger partial charge in [-0.2, -0.15) is 0 Å². The van der Waals surface area contributed by atoms with E-state index in [1.807, 2.05) is 0 Å². The fraction of sp³-hybridized carbons (Fsp3) is 0.950. The van der Waals surface area contributed by atoms with Crippen LogP contribution in [0.25, 0.3) is 0 Å². The fourth-order valence-corrected chi connectivity index (χ4v) is 9.33. The van der Waals surface area contributed by atoms with E-state index in [0.717, 1.165) is 57.8 Å². The van der Waals surface area contributed by atoms with Crippen molar-refractivity contribution < 1.29 is 28.6 Å². The molecule has 0 saturated heterocycles. The molecular formula is C60H116O6. The molecule has 0 N–H and O–H groups in total. The summed E-state index contributed by atoms with van der Waals surface area (Å²) in [4.78, 5) is 37.6. The summed E-state index contributed by atoms with van der Waals surface area (Å²) in [6.45, 7) is 6.61. The first-order valence-electron chi connectivity index (χ1n) is 30.0.